The van der Waals surface area contributed by atoms with Crippen LogP contribution >= 0.6 is 0 Å². The van der Waals surface area contributed by atoms with Gasteiger partial charge in [0.25, 0.3) is 0 Å². The minimum absolute atomic E-state index is 0.127. The van der Waals surface area contributed by atoms with Crippen LogP contribution < -0.4 is 30.3 Å². The molecule has 4 N–H and O–H groups in total. The molecule has 2 aromatic rings. The maximum atomic E-state index is 12.4. The summed E-state index contributed by atoms with van der Waals surface area (Å²) in [5.41, 5.74) is 5.69. The molecule has 39 heavy (non-hydrogen) atoms. The number of esters is 1. The van der Waals surface area contributed by atoms with E-state index >= 15 is 0 Å². The van der Waals surface area contributed by atoms with Gasteiger partial charge in [-0.05, 0) is 67.3 Å². The Bertz CT molecular complexity index is 1260. The first-order valence-corrected chi connectivity index (χ1v) is 12.3. The van der Waals surface area contributed by atoms with Crippen molar-refractivity contribution in [2.45, 2.75) is 32.5 Å². The smallest absolute Gasteiger partial charge is 0.337 e. The fourth-order valence-corrected chi connectivity index (χ4v) is 4.01. The number of ether oxygens (including phenoxy) is 4. The third-order valence-corrected chi connectivity index (χ3v) is 5.78. The highest BCUT2D eigenvalue weighted by atomic mass is 16.5. The number of hydrazone groups is 1. The predicted octanol–water partition coefficient (Wildman–Crippen LogP) is 2.94. The van der Waals surface area contributed by atoms with Gasteiger partial charge >= 0.3 is 12.0 Å². The molecule has 2 amide bonds. The van der Waals surface area contributed by atoms with Gasteiger partial charge in [-0.15, -0.1) is 6.58 Å². The molecule has 1 heterocycles. The highest BCUT2D eigenvalue weighted by molar-refractivity contribution is 5.95. The van der Waals surface area contributed by atoms with E-state index in [1.807, 2.05) is 25.1 Å². The Morgan fingerprint density at radius 1 is 1.18 bits per heavy atom. The van der Waals surface area contributed by atoms with Crippen LogP contribution in [0.15, 0.2) is 65.4 Å². The lowest BCUT2D eigenvalue weighted by molar-refractivity contribution is -0.136. The van der Waals surface area contributed by atoms with E-state index in [1.54, 1.807) is 44.5 Å². The van der Waals surface area contributed by atoms with Crippen molar-refractivity contribution in [1.29, 1.82) is 0 Å². The summed E-state index contributed by atoms with van der Waals surface area (Å²) in [5.74, 6) is 0.952. The number of nitrogens with one attached hydrogen (secondary N) is 3. The maximum Gasteiger partial charge on any atom is 0.337 e. The summed E-state index contributed by atoms with van der Waals surface area (Å²) < 4.78 is 21.8. The van der Waals surface area contributed by atoms with Gasteiger partial charge in [0.05, 0.1) is 38.7 Å². The number of hydrogen-bond donors (Lipinski definition) is 4. The summed E-state index contributed by atoms with van der Waals surface area (Å²) in [6.45, 7) is 7.42. The molecule has 0 saturated carbocycles. The van der Waals surface area contributed by atoms with E-state index in [4.69, 9.17) is 18.9 Å². The zero-order chi connectivity index (χ0) is 28.4. The van der Waals surface area contributed by atoms with E-state index in [2.05, 4.69) is 27.7 Å². The molecule has 2 aromatic carbocycles. The highest BCUT2D eigenvalue weighted by Crippen LogP contribution is 2.35. The number of allylic oxidation sites excluding steroid dienone is 2. The largest absolute Gasteiger partial charge is 0.496 e. The Morgan fingerprint density at radius 2 is 1.95 bits per heavy atom. The number of carbonyl (C=O) groups is 2. The van der Waals surface area contributed by atoms with Crippen LogP contribution in [-0.2, 0) is 16.0 Å². The lowest BCUT2D eigenvalue weighted by Crippen LogP contribution is -2.45. The van der Waals surface area contributed by atoms with E-state index in [1.165, 1.54) is 7.11 Å². The van der Waals surface area contributed by atoms with Crippen LogP contribution in [0.2, 0.25) is 0 Å². The van der Waals surface area contributed by atoms with E-state index in [9.17, 15) is 14.7 Å². The number of rotatable bonds is 13. The van der Waals surface area contributed by atoms with Crippen molar-refractivity contribution in [3.8, 4) is 17.2 Å². The number of urea groups is 1. The molecule has 3 rings (SSSR count). The summed E-state index contributed by atoms with van der Waals surface area (Å²) in [5, 5.41) is 19.8. The van der Waals surface area contributed by atoms with E-state index < -0.39 is 24.3 Å². The molecule has 11 heteroatoms. The number of methoxy groups -OCH3 is 2. The molecule has 208 valence electrons. The Balaban J connectivity index is 1.69. The minimum Gasteiger partial charge on any atom is -0.496 e. The van der Waals surface area contributed by atoms with Crippen LogP contribution in [-0.4, -0.2) is 57.0 Å². The number of nitrogens with zero attached hydrogens (tertiary/aromatic N) is 1. The normalized spacial score (nSPS) is 15.7. The molecule has 0 unspecified atom stereocenters. The average Bonchev–Trinajstić information content (AvgIpc) is 2.92. The molecule has 0 spiro atoms. The van der Waals surface area contributed by atoms with Crippen molar-refractivity contribution in [2.75, 3.05) is 27.4 Å². The first-order chi connectivity index (χ1) is 18.8. The van der Waals surface area contributed by atoms with Gasteiger partial charge in [-0.25, -0.2) is 9.59 Å². The van der Waals surface area contributed by atoms with Gasteiger partial charge in [-0.2, -0.15) is 5.10 Å². The Labute approximate surface area is 227 Å². The monoisotopic (exact) mass is 538 g/mol. The number of carbonyl (C=O) groups excluding carboxylic acids is 2. The van der Waals surface area contributed by atoms with Crippen LogP contribution in [0.25, 0.3) is 0 Å². The van der Waals surface area contributed by atoms with Gasteiger partial charge in [0.2, 0.25) is 0 Å². The van der Waals surface area contributed by atoms with Gasteiger partial charge < -0.3 is 34.7 Å². The molecule has 0 radical (unpaired) electrons. The van der Waals surface area contributed by atoms with Crippen LogP contribution in [0.5, 0.6) is 17.2 Å². The van der Waals surface area contributed by atoms with E-state index in [-0.39, 0.29) is 12.2 Å². The van der Waals surface area contributed by atoms with E-state index in [0.29, 0.717) is 35.8 Å². The van der Waals surface area contributed by atoms with Crippen molar-refractivity contribution >= 4 is 18.2 Å². The third-order valence-electron chi connectivity index (χ3n) is 5.78. The number of aliphatic hydroxyl groups excluding tert-OH is 1. The minimum atomic E-state index is -1.11. The molecule has 0 aromatic heterocycles. The highest BCUT2D eigenvalue weighted by Gasteiger charge is 2.32. The SMILES string of the molecule is C=CCc1cc(/C=N\N[C@@H](O)COc2ccc([C@@H]3NC(=O)NC(C)=C3C(=O)OC)cc2OCC)ccc1OC. The number of hydrogen-bond acceptors (Lipinski definition) is 9. The molecule has 0 fully saturated rings. The molecular formula is C28H34N4O7. The lowest BCUT2D eigenvalue weighted by Gasteiger charge is -2.28. The van der Waals surface area contributed by atoms with Gasteiger partial charge in [-0.1, -0.05) is 12.1 Å². The Morgan fingerprint density at radius 3 is 2.64 bits per heavy atom. The number of benzene rings is 2. The lowest BCUT2D eigenvalue weighted by atomic mass is 9.95. The van der Waals surface area contributed by atoms with E-state index in [0.717, 1.165) is 16.9 Å². The second-order valence-electron chi connectivity index (χ2n) is 8.48. The molecule has 0 saturated heterocycles. The molecule has 11 nitrogen and oxygen atoms in total. The van der Waals surface area contributed by atoms with Crippen molar-refractivity contribution in [3.05, 3.63) is 77.0 Å². The Hall–Kier alpha value is -4.51. The summed E-state index contributed by atoms with van der Waals surface area (Å²) in [7, 11) is 2.89. The fraction of sp³-hybridized carbons (Fsp3) is 0.321. The summed E-state index contributed by atoms with van der Waals surface area (Å²) in [6.07, 6.45) is 2.91. The van der Waals surface area contributed by atoms with Crippen LogP contribution in [0.1, 0.15) is 36.6 Å². The van der Waals surface area contributed by atoms with Crippen molar-refractivity contribution < 1.29 is 33.6 Å². The standard InChI is InChI=1S/C28H34N4O7/c1-6-8-19-13-18(9-11-21(19)36-4)15-29-32-24(33)16-39-22-12-10-20(14-23(22)38-7-2)26-25(27(34)37-5)17(3)30-28(35)31-26/h6,9-15,24,26,32-33H,1,7-8,16H2,2-5H3,(H2,30,31,35)/b29-15-/t24-,26-/m0/s1. The first-order valence-electron chi connectivity index (χ1n) is 12.3. The Kier molecular flexibility index (Phi) is 10.3. The quantitative estimate of drug-likeness (QED) is 0.100. The first kappa shape index (κ1) is 29.1. The zero-order valence-corrected chi connectivity index (χ0v) is 22.4. The number of amides is 2. The van der Waals surface area contributed by atoms with Crippen molar-refractivity contribution in [2.24, 2.45) is 5.10 Å². The maximum absolute atomic E-state index is 12.4. The summed E-state index contributed by atoms with van der Waals surface area (Å²) in [6, 6.07) is 9.46. The zero-order valence-electron chi connectivity index (χ0n) is 22.4. The molecule has 0 bridgehead atoms. The molecular weight excluding hydrogens is 504 g/mol. The molecule has 1 aliphatic rings. The van der Waals surface area contributed by atoms with Gasteiger partial charge in [0.1, 0.15) is 12.4 Å². The molecule has 2 atom stereocenters. The average molecular weight is 539 g/mol. The molecule has 0 aliphatic carbocycles. The van der Waals surface area contributed by atoms with Gasteiger partial charge in [0.15, 0.2) is 17.7 Å². The fourth-order valence-electron chi connectivity index (χ4n) is 4.01. The van der Waals surface area contributed by atoms with Gasteiger partial charge in [-0.3, -0.25) is 5.43 Å². The van der Waals surface area contributed by atoms with Crippen LogP contribution in [0.3, 0.4) is 0 Å². The van der Waals surface area contributed by atoms with Crippen molar-refractivity contribution in [3.63, 3.8) is 0 Å². The van der Waals surface area contributed by atoms with Crippen LogP contribution in [0, 0.1) is 0 Å². The second kappa shape index (κ2) is 13.9. The number of aliphatic hydroxyl groups is 1. The van der Waals surface area contributed by atoms with Crippen molar-refractivity contribution in [1.82, 2.24) is 16.1 Å². The van der Waals surface area contributed by atoms with Gasteiger partial charge in [0, 0.05) is 5.70 Å². The molecule has 1 aliphatic heterocycles. The summed E-state index contributed by atoms with van der Waals surface area (Å²) in [4.78, 5) is 24.5. The predicted molar refractivity (Wildman–Crippen MR) is 146 cm³/mol. The topological polar surface area (TPSA) is 140 Å². The summed E-state index contributed by atoms with van der Waals surface area (Å²) >= 11 is 0. The second-order valence-corrected chi connectivity index (χ2v) is 8.48. The van der Waals surface area contributed by atoms with Crippen LogP contribution in [0.4, 0.5) is 4.79 Å². The third kappa shape index (κ3) is 7.51.